The first-order chi connectivity index (χ1) is 15.7. The molecule has 5 nitrogen and oxygen atoms in total. The minimum absolute atomic E-state index is 0.0458. The van der Waals surface area contributed by atoms with Crippen LogP contribution in [0.4, 0.5) is 18.9 Å². The number of aryl methyl sites for hydroxylation is 1. The van der Waals surface area contributed by atoms with Crippen LogP contribution in [-0.4, -0.2) is 16.9 Å². The number of thiocarbonyl (C=S) groups is 1. The van der Waals surface area contributed by atoms with E-state index >= 15 is 0 Å². The van der Waals surface area contributed by atoms with Crippen molar-refractivity contribution in [1.82, 2.24) is 5.32 Å². The van der Waals surface area contributed by atoms with E-state index in [2.05, 4.69) is 5.32 Å². The number of halogens is 3. The molecule has 1 aliphatic rings. The third kappa shape index (κ3) is 4.58. The second-order valence-electron chi connectivity index (χ2n) is 7.26. The quantitative estimate of drug-likeness (QED) is 0.317. The summed E-state index contributed by atoms with van der Waals surface area (Å²) in [6.07, 6.45) is -2.42. The zero-order chi connectivity index (χ0) is 23.8. The number of carbonyl (C=O) groups excluding carboxylic acids is 2. The Balaban J connectivity index is 1.64. The summed E-state index contributed by atoms with van der Waals surface area (Å²) < 4.78 is 44.6. The number of carbonyl (C=O) groups is 2. The number of nitrogens with one attached hydrogen (secondary N) is 1. The molecule has 0 atom stereocenters. The fourth-order valence-electron chi connectivity index (χ4n) is 3.35. The topological polar surface area (TPSA) is 62.6 Å². The van der Waals surface area contributed by atoms with Crippen molar-refractivity contribution in [2.75, 3.05) is 4.90 Å². The number of alkyl halides is 3. The molecule has 0 radical (unpaired) electrons. The van der Waals surface area contributed by atoms with E-state index in [1.807, 2.05) is 19.1 Å². The highest BCUT2D eigenvalue weighted by Gasteiger charge is 2.35. The minimum atomic E-state index is -4.49. The van der Waals surface area contributed by atoms with Gasteiger partial charge in [-0.05, 0) is 66.7 Å². The standard InChI is InChI=1S/C24H17F3N2O3S/c1-2-14-6-8-17(9-7-14)29-22(31)19(21(30)28-23(29)33)13-18-10-11-20(32-18)15-4-3-5-16(12-15)24(25,26)27/h3-13H,2H2,1H3,(H,28,30,33)/b19-13+. The first-order valence-corrected chi connectivity index (χ1v) is 10.4. The molecule has 1 saturated heterocycles. The van der Waals surface area contributed by atoms with Gasteiger partial charge in [0.05, 0.1) is 11.3 Å². The number of hydrogen-bond acceptors (Lipinski definition) is 4. The predicted octanol–water partition coefficient (Wildman–Crippen LogP) is 5.36. The summed E-state index contributed by atoms with van der Waals surface area (Å²) in [6, 6.07) is 14.8. The lowest BCUT2D eigenvalue weighted by Crippen LogP contribution is -2.54. The van der Waals surface area contributed by atoms with Crippen LogP contribution in [0.2, 0.25) is 0 Å². The number of hydrogen-bond donors (Lipinski definition) is 1. The van der Waals surface area contributed by atoms with Crippen LogP contribution in [0, 0.1) is 0 Å². The van der Waals surface area contributed by atoms with Gasteiger partial charge in [-0.25, -0.2) is 0 Å². The van der Waals surface area contributed by atoms with E-state index in [-0.39, 0.29) is 27.8 Å². The Labute approximate surface area is 192 Å². The molecule has 3 aromatic rings. The smallest absolute Gasteiger partial charge is 0.416 e. The fourth-order valence-corrected chi connectivity index (χ4v) is 3.63. The van der Waals surface area contributed by atoms with Crippen molar-refractivity contribution in [2.24, 2.45) is 0 Å². The van der Waals surface area contributed by atoms with Crippen molar-refractivity contribution in [2.45, 2.75) is 19.5 Å². The van der Waals surface area contributed by atoms with Gasteiger partial charge in [0, 0.05) is 5.56 Å². The summed E-state index contributed by atoms with van der Waals surface area (Å²) in [5.41, 5.74) is 0.765. The molecule has 1 aromatic heterocycles. The molecule has 1 fully saturated rings. The molecule has 2 aromatic carbocycles. The lowest BCUT2D eigenvalue weighted by atomic mass is 10.1. The average Bonchev–Trinajstić information content (AvgIpc) is 3.25. The third-order valence-electron chi connectivity index (χ3n) is 5.09. The monoisotopic (exact) mass is 470 g/mol. The lowest BCUT2D eigenvalue weighted by molar-refractivity contribution is -0.137. The molecule has 4 rings (SSSR count). The van der Waals surface area contributed by atoms with Gasteiger partial charge in [0.2, 0.25) is 0 Å². The maximum atomic E-state index is 13.1. The van der Waals surface area contributed by atoms with Crippen molar-refractivity contribution in [3.63, 3.8) is 0 Å². The van der Waals surface area contributed by atoms with Crippen LogP contribution in [0.1, 0.15) is 23.8 Å². The molecule has 0 aliphatic carbocycles. The van der Waals surface area contributed by atoms with Crippen LogP contribution in [0.5, 0.6) is 0 Å². The number of amides is 2. The SMILES string of the molecule is CCc1ccc(N2C(=O)/C(=C/c3ccc(-c4cccc(C(F)(F)F)c4)o3)C(=O)NC2=S)cc1. The summed E-state index contributed by atoms with van der Waals surface area (Å²) in [5, 5.41) is 2.44. The van der Waals surface area contributed by atoms with Gasteiger partial charge in [0.25, 0.3) is 11.8 Å². The highest BCUT2D eigenvalue weighted by Crippen LogP contribution is 2.33. The van der Waals surface area contributed by atoms with Gasteiger partial charge in [-0.1, -0.05) is 31.2 Å². The Morgan fingerprint density at radius 1 is 1.06 bits per heavy atom. The molecule has 0 unspecified atom stereocenters. The van der Waals surface area contributed by atoms with Crippen LogP contribution in [0.25, 0.3) is 17.4 Å². The maximum absolute atomic E-state index is 13.1. The van der Waals surface area contributed by atoms with Crippen LogP contribution in [0.3, 0.4) is 0 Å². The van der Waals surface area contributed by atoms with Crippen molar-refractivity contribution in [3.8, 4) is 11.3 Å². The second kappa shape index (κ2) is 8.67. The minimum Gasteiger partial charge on any atom is -0.457 e. The Morgan fingerprint density at radius 2 is 1.79 bits per heavy atom. The number of rotatable bonds is 4. The van der Waals surface area contributed by atoms with E-state index < -0.39 is 23.6 Å². The van der Waals surface area contributed by atoms with Gasteiger partial charge in [-0.2, -0.15) is 13.2 Å². The van der Waals surface area contributed by atoms with Crippen molar-refractivity contribution in [3.05, 3.63) is 83.1 Å². The molecule has 0 saturated carbocycles. The summed E-state index contributed by atoms with van der Waals surface area (Å²) >= 11 is 5.18. The molecule has 0 spiro atoms. The van der Waals surface area contributed by atoms with Crippen LogP contribution >= 0.6 is 12.2 Å². The van der Waals surface area contributed by atoms with Gasteiger partial charge in [-0.15, -0.1) is 0 Å². The van der Waals surface area contributed by atoms with E-state index in [9.17, 15) is 22.8 Å². The number of furan rings is 1. The van der Waals surface area contributed by atoms with Gasteiger partial charge in [-0.3, -0.25) is 19.8 Å². The highest BCUT2D eigenvalue weighted by atomic mass is 32.1. The Hall–Kier alpha value is -3.72. The second-order valence-corrected chi connectivity index (χ2v) is 7.65. The Morgan fingerprint density at radius 3 is 2.45 bits per heavy atom. The van der Waals surface area contributed by atoms with E-state index in [0.717, 1.165) is 24.1 Å². The van der Waals surface area contributed by atoms with Crippen LogP contribution in [-0.2, 0) is 22.2 Å². The van der Waals surface area contributed by atoms with Crippen molar-refractivity contribution < 1.29 is 27.2 Å². The summed E-state index contributed by atoms with van der Waals surface area (Å²) in [7, 11) is 0. The van der Waals surface area contributed by atoms with Gasteiger partial charge in [0.15, 0.2) is 5.11 Å². The number of benzene rings is 2. The van der Waals surface area contributed by atoms with Gasteiger partial charge >= 0.3 is 6.18 Å². The Kier molecular flexibility index (Phi) is 5.90. The van der Waals surface area contributed by atoms with E-state index in [4.69, 9.17) is 16.6 Å². The van der Waals surface area contributed by atoms with Gasteiger partial charge < -0.3 is 4.42 Å². The first-order valence-electron chi connectivity index (χ1n) is 9.95. The lowest BCUT2D eigenvalue weighted by Gasteiger charge is -2.28. The molecule has 1 aliphatic heterocycles. The molecule has 9 heteroatoms. The highest BCUT2D eigenvalue weighted by molar-refractivity contribution is 7.80. The number of anilines is 1. The van der Waals surface area contributed by atoms with E-state index in [0.29, 0.717) is 5.69 Å². The van der Waals surface area contributed by atoms with Crippen LogP contribution < -0.4 is 10.2 Å². The van der Waals surface area contributed by atoms with E-state index in [1.165, 1.54) is 35.2 Å². The molecule has 33 heavy (non-hydrogen) atoms. The fraction of sp³-hybridized carbons (Fsp3) is 0.125. The largest absolute Gasteiger partial charge is 0.457 e. The van der Waals surface area contributed by atoms with E-state index in [1.54, 1.807) is 12.1 Å². The normalized spacial score (nSPS) is 15.8. The molecule has 0 bridgehead atoms. The molecular weight excluding hydrogens is 453 g/mol. The number of nitrogens with zero attached hydrogens (tertiary/aromatic N) is 1. The zero-order valence-corrected chi connectivity index (χ0v) is 18.1. The zero-order valence-electron chi connectivity index (χ0n) is 17.3. The maximum Gasteiger partial charge on any atom is 0.416 e. The Bertz CT molecular complexity index is 1280. The third-order valence-corrected chi connectivity index (χ3v) is 5.38. The molecule has 2 amide bonds. The molecule has 1 N–H and O–H groups in total. The van der Waals surface area contributed by atoms with Crippen LogP contribution in [0.15, 0.2) is 70.7 Å². The van der Waals surface area contributed by atoms with Gasteiger partial charge in [0.1, 0.15) is 17.1 Å². The molecule has 168 valence electrons. The summed E-state index contributed by atoms with van der Waals surface area (Å²) in [5.74, 6) is -1.03. The summed E-state index contributed by atoms with van der Waals surface area (Å²) in [6.45, 7) is 2.00. The van der Waals surface area contributed by atoms with Crippen molar-refractivity contribution >= 4 is 40.9 Å². The molecular formula is C24H17F3N2O3S. The molecule has 2 heterocycles. The predicted molar refractivity (Wildman–Crippen MR) is 121 cm³/mol. The summed E-state index contributed by atoms with van der Waals surface area (Å²) in [4.78, 5) is 26.7. The van der Waals surface area contributed by atoms with Crippen molar-refractivity contribution in [1.29, 1.82) is 0 Å². The first kappa shape index (κ1) is 22.5. The average molecular weight is 470 g/mol.